The molecule has 3 aromatic carbocycles. The highest BCUT2D eigenvalue weighted by atomic mass is 16.1. The van der Waals surface area contributed by atoms with E-state index >= 15 is 0 Å². The van der Waals surface area contributed by atoms with Crippen LogP contribution in [0.2, 0.25) is 0 Å². The standard InChI is InChI=1S/C26H22O/c1-24-17-8-4-5-9-18(17)25(2)21-13-12-16(15-27)14-22(21)26(3,23(24)25)20-11-7-6-10-19(20)24/h4-15,23H,1-3H3/t23?,24-,25+,26-/m1/s1. The van der Waals surface area contributed by atoms with Gasteiger partial charge in [-0.1, -0.05) is 81.4 Å². The normalized spacial score (nSPS) is 34.0. The van der Waals surface area contributed by atoms with E-state index < -0.39 is 0 Å². The fourth-order valence-corrected chi connectivity index (χ4v) is 7.40. The number of hydrogen-bond acceptors (Lipinski definition) is 1. The summed E-state index contributed by atoms with van der Waals surface area (Å²) < 4.78 is 0. The number of carbonyl (C=O) groups excluding carboxylic acids is 1. The molecule has 1 unspecified atom stereocenters. The first-order valence-electron chi connectivity index (χ1n) is 9.78. The number of rotatable bonds is 1. The summed E-state index contributed by atoms with van der Waals surface area (Å²) in [6.07, 6.45) is 0.980. The molecule has 4 atom stereocenters. The van der Waals surface area contributed by atoms with Crippen LogP contribution in [0.25, 0.3) is 0 Å². The second kappa shape index (κ2) is 4.42. The van der Waals surface area contributed by atoms with Crippen LogP contribution in [0.1, 0.15) is 64.5 Å². The first-order valence-corrected chi connectivity index (χ1v) is 9.78. The minimum atomic E-state index is -0.0898. The van der Waals surface area contributed by atoms with E-state index in [9.17, 15) is 4.79 Å². The van der Waals surface area contributed by atoms with Gasteiger partial charge in [-0.15, -0.1) is 0 Å². The Kier molecular flexibility index (Phi) is 2.52. The molecule has 0 spiro atoms. The van der Waals surface area contributed by atoms with Gasteiger partial charge in [-0.05, 0) is 45.4 Å². The fraction of sp³-hybridized carbons (Fsp3) is 0.269. The lowest BCUT2D eigenvalue weighted by Gasteiger charge is -2.37. The molecule has 0 saturated heterocycles. The topological polar surface area (TPSA) is 17.1 Å². The third-order valence-corrected chi connectivity index (χ3v) is 8.12. The lowest BCUT2D eigenvalue weighted by molar-refractivity contribution is 0.112. The van der Waals surface area contributed by atoms with E-state index in [0.717, 1.165) is 11.8 Å². The Morgan fingerprint density at radius 2 is 1.04 bits per heavy atom. The predicted molar refractivity (Wildman–Crippen MR) is 108 cm³/mol. The molecule has 3 aromatic rings. The molecule has 0 radical (unpaired) electrons. The van der Waals surface area contributed by atoms with Gasteiger partial charge in [0.05, 0.1) is 0 Å². The van der Waals surface area contributed by atoms with Gasteiger partial charge in [-0.25, -0.2) is 0 Å². The van der Waals surface area contributed by atoms with Crippen LogP contribution in [0.5, 0.6) is 0 Å². The van der Waals surface area contributed by atoms with Gasteiger partial charge >= 0.3 is 0 Å². The molecule has 0 bridgehead atoms. The average Bonchev–Trinajstić information content (AvgIpc) is 3.16. The van der Waals surface area contributed by atoms with Crippen molar-refractivity contribution in [2.45, 2.75) is 37.0 Å². The number of fused-ring (bicyclic) bond motifs is 9. The van der Waals surface area contributed by atoms with E-state index in [4.69, 9.17) is 0 Å². The second-order valence-corrected chi connectivity index (χ2v) is 9.05. The molecule has 1 heteroatoms. The maximum absolute atomic E-state index is 11.5. The SMILES string of the molecule is C[C@@]12c3ccccc3[C@@]3(C)c4ccc(C=O)cc4[C@@](C)(c4ccccc41)C23. The van der Waals surface area contributed by atoms with Crippen LogP contribution in [0.3, 0.4) is 0 Å². The first-order chi connectivity index (χ1) is 13.0. The predicted octanol–water partition coefficient (Wildman–Crippen LogP) is 5.37. The highest BCUT2D eigenvalue weighted by Crippen LogP contribution is 2.75. The molecule has 0 saturated carbocycles. The Bertz CT molecular complexity index is 1150. The molecule has 0 amide bonds. The lowest BCUT2D eigenvalue weighted by atomic mass is 9.64. The van der Waals surface area contributed by atoms with Gasteiger partial charge in [0.25, 0.3) is 0 Å². The highest BCUT2D eigenvalue weighted by molar-refractivity contribution is 5.79. The van der Waals surface area contributed by atoms with Gasteiger partial charge < -0.3 is 0 Å². The Labute approximate surface area is 160 Å². The van der Waals surface area contributed by atoms with Crippen LogP contribution >= 0.6 is 0 Å². The Balaban J connectivity index is 1.85. The number of carbonyl (C=O) groups is 1. The molecule has 1 nitrogen and oxygen atoms in total. The summed E-state index contributed by atoms with van der Waals surface area (Å²) in [5, 5.41) is 0. The first kappa shape index (κ1) is 15.4. The van der Waals surface area contributed by atoms with Crippen LogP contribution in [0.4, 0.5) is 0 Å². The van der Waals surface area contributed by atoms with Crippen molar-refractivity contribution in [1.82, 2.24) is 0 Å². The highest BCUT2D eigenvalue weighted by Gasteiger charge is 2.72. The van der Waals surface area contributed by atoms with E-state index in [2.05, 4.69) is 81.4 Å². The molecular weight excluding hydrogens is 328 g/mol. The van der Waals surface area contributed by atoms with Crippen molar-refractivity contribution < 1.29 is 4.79 Å². The van der Waals surface area contributed by atoms with E-state index in [1.165, 1.54) is 33.4 Å². The van der Waals surface area contributed by atoms with Crippen molar-refractivity contribution in [3.63, 3.8) is 0 Å². The molecule has 0 heterocycles. The second-order valence-electron chi connectivity index (χ2n) is 9.05. The van der Waals surface area contributed by atoms with Crippen molar-refractivity contribution in [1.29, 1.82) is 0 Å². The minimum Gasteiger partial charge on any atom is -0.298 e. The van der Waals surface area contributed by atoms with Crippen LogP contribution in [0, 0.1) is 5.92 Å². The Morgan fingerprint density at radius 1 is 0.630 bits per heavy atom. The van der Waals surface area contributed by atoms with Gasteiger partial charge in [0, 0.05) is 21.8 Å². The van der Waals surface area contributed by atoms with E-state index in [1.54, 1.807) is 0 Å². The summed E-state index contributed by atoms with van der Waals surface area (Å²) in [6.45, 7) is 7.28. The Hall–Kier alpha value is -2.67. The van der Waals surface area contributed by atoms with E-state index in [-0.39, 0.29) is 16.2 Å². The summed E-state index contributed by atoms with van der Waals surface area (Å²) in [7, 11) is 0. The quantitative estimate of drug-likeness (QED) is 0.539. The van der Waals surface area contributed by atoms with Gasteiger partial charge in [-0.3, -0.25) is 4.79 Å². The molecule has 27 heavy (non-hydrogen) atoms. The molecule has 0 aromatic heterocycles. The average molecular weight is 350 g/mol. The van der Waals surface area contributed by atoms with E-state index in [0.29, 0.717) is 5.92 Å². The summed E-state index contributed by atoms with van der Waals surface area (Å²) in [5.74, 6) is 0.421. The summed E-state index contributed by atoms with van der Waals surface area (Å²) in [4.78, 5) is 11.5. The number of aldehydes is 1. The third-order valence-electron chi connectivity index (χ3n) is 8.12. The largest absolute Gasteiger partial charge is 0.298 e. The van der Waals surface area contributed by atoms with Crippen LogP contribution in [0.15, 0.2) is 66.7 Å². The minimum absolute atomic E-state index is 0.0168. The fourth-order valence-electron chi connectivity index (χ4n) is 7.40. The number of benzene rings is 3. The molecule has 0 fully saturated rings. The Morgan fingerprint density at radius 3 is 1.48 bits per heavy atom. The van der Waals surface area contributed by atoms with Gasteiger partial charge in [0.1, 0.15) is 6.29 Å². The maximum Gasteiger partial charge on any atom is 0.150 e. The van der Waals surface area contributed by atoms with Crippen molar-refractivity contribution >= 4 is 6.29 Å². The zero-order valence-electron chi connectivity index (χ0n) is 15.9. The van der Waals surface area contributed by atoms with Crippen LogP contribution < -0.4 is 0 Å². The molecule has 0 N–H and O–H groups in total. The molecule has 3 aliphatic rings. The van der Waals surface area contributed by atoms with Gasteiger partial charge in [0.2, 0.25) is 0 Å². The van der Waals surface area contributed by atoms with Gasteiger partial charge in [0.15, 0.2) is 0 Å². The van der Waals surface area contributed by atoms with Crippen LogP contribution in [-0.4, -0.2) is 6.29 Å². The monoisotopic (exact) mass is 350 g/mol. The third kappa shape index (κ3) is 1.36. The molecule has 3 aliphatic carbocycles. The zero-order valence-corrected chi connectivity index (χ0v) is 15.9. The number of hydrogen-bond donors (Lipinski definition) is 0. The van der Waals surface area contributed by atoms with E-state index in [1.807, 2.05) is 6.07 Å². The van der Waals surface area contributed by atoms with Crippen LogP contribution in [-0.2, 0) is 16.2 Å². The molecular formula is C26H22O. The van der Waals surface area contributed by atoms with Crippen molar-refractivity contribution in [2.24, 2.45) is 5.92 Å². The van der Waals surface area contributed by atoms with Crippen molar-refractivity contribution in [2.75, 3.05) is 0 Å². The summed E-state index contributed by atoms with van der Waals surface area (Å²) in [6, 6.07) is 24.4. The van der Waals surface area contributed by atoms with Crippen molar-refractivity contribution in [3.8, 4) is 0 Å². The zero-order chi connectivity index (χ0) is 18.6. The lowest BCUT2D eigenvalue weighted by Crippen LogP contribution is -2.39. The molecule has 0 aliphatic heterocycles. The summed E-state index contributed by atoms with van der Waals surface area (Å²) in [5.41, 5.74) is 9.17. The molecule has 132 valence electrons. The van der Waals surface area contributed by atoms with Gasteiger partial charge in [-0.2, -0.15) is 0 Å². The molecule has 6 rings (SSSR count). The summed E-state index contributed by atoms with van der Waals surface area (Å²) >= 11 is 0. The van der Waals surface area contributed by atoms with Crippen molar-refractivity contribution in [3.05, 3.63) is 106 Å². The smallest absolute Gasteiger partial charge is 0.150 e. The maximum atomic E-state index is 11.5.